The number of aliphatic hydroxyl groups is 1. The van der Waals surface area contributed by atoms with Crippen molar-refractivity contribution in [2.24, 2.45) is 0 Å². The molecule has 1 aliphatic rings. The summed E-state index contributed by atoms with van der Waals surface area (Å²) in [6, 6.07) is 0.510. The van der Waals surface area contributed by atoms with Crippen LogP contribution in [-0.4, -0.2) is 41.5 Å². The molecule has 0 radical (unpaired) electrons. The fourth-order valence-corrected chi connectivity index (χ4v) is 2.53. The predicted octanol–water partition coefficient (Wildman–Crippen LogP) is 1.98. The molecule has 16 heavy (non-hydrogen) atoms. The summed E-state index contributed by atoms with van der Waals surface area (Å²) in [7, 11) is 0. The Kier molecular flexibility index (Phi) is 6.65. The zero-order valence-corrected chi connectivity index (χ0v) is 10.5. The first-order valence-corrected chi connectivity index (χ1v) is 6.58. The number of carbonyl (C=O) groups excluding carboxylic acids is 1. The molecule has 1 heterocycles. The Hall–Kier alpha value is -0.410. The Balaban J connectivity index is 2.12. The number of carbonyl (C=O) groups is 1. The highest BCUT2D eigenvalue weighted by Crippen LogP contribution is 2.20. The van der Waals surface area contributed by atoms with Crippen LogP contribution in [0.2, 0.25) is 0 Å². The maximum absolute atomic E-state index is 11.1. The summed E-state index contributed by atoms with van der Waals surface area (Å²) in [5.74, 6) is 0.317. The van der Waals surface area contributed by atoms with Crippen LogP contribution in [0.4, 0.5) is 0 Å². The summed E-state index contributed by atoms with van der Waals surface area (Å²) in [6.45, 7) is 4.30. The molecule has 1 rings (SSSR count). The Morgan fingerprint density at radius 2 is 2.06 bits per heavy atom. The Labute approximate surface area is 98.8 Å². The third-order valence-electron chi connectivity index (χ3n) is 3.38. The zero-order valence-electron chi connectivity index (χ0n) is 10.5. The molecule has 0 aromatic rings. The van der Waals surface area contributed by atoms with E-state index in [9.17, 15) is 4.79 Å². The molecule has 1 saturated heterocycles. The summed E-state index contributed by atoms with van der Waals surface area (Å²) in [6.07, 6.45) is 7.62. The van der Waals surface area contributed by atoms with Crippen LogP contribution in [0.3, 0.4) is 0 Å². The van der Waals surface area contributed by atoms with Crippen LogP contribution in [-0.2, 0) is 4.79 Å². The van der Waals surface area contributed by atoms with Gasteiger partial charge in [-0.25, -0.2) is 0 Å². The minimum Gasteiger partial charge on any atom is -0.396 e. The highest BCUT2D eigenvalue weighted by atomic mass is 16.2. The van der Waals surface area contributed by atoms with Crippen molar-refractivity contribution in [2.75, 3.05) is 19.7 Å². The fourth-order valence-electron chi connectivity index (χ4n) is 2.53. The average Bonchev–Trinajstić information content (AvgIpc) is 2.64. The number of nitrogens with zero attached hydrogens (tertiary/aromatic N) is 1. The van der Waals surface area contributed by atoms with Crippen LogP contribution in [0.25, 0.3) is 0 Å². The monoisotopic (exact) mass is 227 g/mol. The molecule has 3 nitrogen and oxygen atoms in total. The van der Waals surface area contributed by atoms with Crippen molar-refractivity contribution in [1.82, 2.24) is 4.90 Å². The number of likely N-dealkylation sites (tertiary alicyclic amines) is 1. The molecule has 1 atom stereocenters. The average molecular weight is 227 g/mol. The van der Waals surface area contributed by atoms with Gasteiger partial charge in [0.25, 0.3) is 0 Å². The molecule has 94 valence electrons. The van der Waals surface area contributed by atoms with Gasteiger partial charge in [0.1, 0.15) is 5.78 Å². The van der Waals surface area contributed by atoms with Crippen LogP contribution < -0.4 is 0 Å². The summed E-state index contributed by atoms with van der Waals surface area (Å²) in [4.78, 5) is 13.6. The summed E-state index contributed by atoms with van der Waals surface area (Å²) in [5.41, 5.74) is 0. The summed E-state index contributed by atoms with van der Waals surface area (Å²) < 4.78 is 0. The SMILES string of the molecule is CC(=O)CC1CCCN1CCCCCCO. The Morgan fingerprint density at radius 3 is 2.75 bits per heavy atom. The molecule has 0 aliphatic carbocycles. The molecule has 0 spiro atoms. The number of rotatable bonds is 8. The van der Waals surface area contributed by atoms with Gasteiger partial charge in [-0.15, -0.1) is 0 Å². The van der Waals surface area contributed by atoms with Crippen molar-refractivity contribution in [3.63, 3.8) is 0 Å². The molecule has 1 fully saturated rings. The number of aliphatic hydroxyl groups excluding tert-OH is 1. The zero-order chi connectivity index (χ0) is 11.8. The molecule has 1 N–H and O–H groups in total. The lowest BCUT2D eigenvalue weighted by molar-refractivity contribution is -0.118. The van der Waals surface area contributed by atoms with Gasteiger partial charge in [-0.1, -0.05) is 12.8 Å². The van der Waals surface area contributed by atoms with E-state index in [-0.39, 0.29) is 0 Å². The van der Waals surface area contributed by atoms with Crippen molar-refractivity contribution in [1.29, 1.82) is 0 Å². The van der Waals surface area contributed by atoms with Crippen LogP contribution in [0.15, 0.2) is 0 Å². The third-order valence-corrected chi connectivity index (χ3v) is 3.38. The number of hydrogen-bond donors (Lipinski definition) is 1. The minimum atomic E-state index is 0.316. The minimum absolute atomic E-state index is 0.316. The molecular weight excluding hydrogens is 202 g/mol. The molecule has 0 aromatic carbocycles. The Bertz CT molecular complexity index is 206. The lowest BCUT2D eigenvalue weighted by atomic mass is 10.1. The van der Waals surface area contributed by atoms with Gasteiger partial charge in [0.2, 0.25) is 0 Å². The smallest absolute Gasteiger partial charge is 0.131 e. The van der Waals surface area contributed by atoms with Gasteiger partial charge in [0, 0.05) is 19.1 Å². The normalized spacial score (nSPS) is 21.5. The van der Waals surface area contributed by atoms with E-state index in [0.29, 0.717) is 18.4 Å². The van der Waals surface area contributed by atoms with Crippen LogP contribution >= 0.6 is 0 Å². The van der Waals surface area contributed by atoms with Crippen molar-refractivity contribution in [2.45, 2.75) is 57.9 Å². The fraction of sp³-hybridized carbons (Fsp3) is 0.923. The van der Waals surface area contributed by atoms with E-state index in [1.165, 1.54) is 25.7 Å². The van der Waals surface area contributed by atoms with E-state index < -0.39 is 0 Å². The first-order chi connectivity index (χ1) is 7.74. The number of unbranched alkanes of at least 4 members (excludes halogenated alkanes) is 3. The number of ketones is 1. The lowest BCUT2D eigenvalue weighted by Gasteiger charge is -2.23. The van der Waals surface area contributed by atoms with Gasteiger partial charge in [-0.05, 0) is 45.7 Å². The first kappa shape index (κ1) is 13.7. The van der Waals surface area contributed by atoms with Gasteiger partial charge in [-0.2, -0.15) is 0 Å². The molecule has 1 unspecified atom stereocenters. The first-order valence-electron chi connectivity index (χ1n) is 6.58. The molecule has 3 heteroatoms. The lowest BCUT2D eigenvalue weighted by Crippen LogP contribution is -2.31. The Morgan fingerprint density at radius 1 is 1.31 bits per heavy atom. The topological polar surface area (TPSA) is 40.5 Å². The van der Waals surface area contributed by atoms with E-state index in [2.05, 4.69) is 4.90 Å². The third kappa shape index (κ3) is 5.08. The molecule has 0 amide bonds. The van der Waals surface area contributed by atoms with Gasteiger partial charge < -0.3 is 5.11 Å². The molecular formula is C13H25NO2. The molecule has 0 aromatic heterocycles. The second-order valence-corrected chi connectivity index (χ2v) is 4.88. The van der Waals surface area contributed by atoms with E-state index in [1.54, 1.807) is 6.92 Å². The maximum Gasteiger partial charge on any atom is 0.131 e. The maximum atomic E-state index is 11.1. The number of Topliss-reactive ketones (excluding diaryl/α,β-unsaturated/α-hetero) is 1. The highest BCUT2D eigenvalue weighted by Gasteiger charge is 2.24. The van der Waals surface area contributed by atoms with Crippen molar-refractivity contribution < 1.29 is 9.90 Å². The van der Waals surface area contributed by atoms with Crippen molar-refractivity contribution in [3.8, 4) is 0 Å². The van der Waals surface area contributed by atoms with Gasteiger partial charge >= 0.3 is 0 Å². The van der Waals surface area contributed by atoms with Gasteiger partial charge in [-0.3, -0.25) is 9.69 Å². The van der Waals surface area contributed by atoms with E-state index in [4.69, 9.17) is 5.11 Å². The number of hydrogen-bond acceptors (Lipinski definition) is 3. The van der Waals surface area contributed by atoms with Crippen molar-refractivity contribution >= 4 is 5.78 Å². The van der Waals surface area contributed by atoms with Gasteiger partial charge in [0.05, 0.1) is 0 Å². The second kappa shape index (κ2) is 7.80. The van der Waals surface area contributed by atoms with Crippen molar-refractivity contribution in [3.05, 3.63) is 0 Å². The molecule has 1 aliphatic heterocycles. The van der Waals surface area contributed by atoms with E-state index in [0.717, 1.165) is 32.4 Å². The van der Waals surface area contributed by atoms with Crippen LogP contribution in [0.5, 0.6) is 0 Å². The molecule has 0 bridgehead atoms. The summed E-state index contributed by atoms with van der Waals surface area (Å²) in [5, 5.41) is 8.67. The van der Waals surface area contributed by atoms with E-state index >= 15 is 0 Å². The van der Waals surface area contributed by atoms with Crippen LogP contribution in [0, 0.1) is 0 Å². The van der Waals surface area contributed by atoms with Gasteiger partial charge in [0.15, 0.2) is 0 Å². The summed E-state index contributed by atoms with van der Waals surface area (Å²) >= 11 is 0. The predicted molar refractivity (Wildman–Crippen MR) is 65.4 cm³/mol. The van der Waals surface area contributed by atoms with E-state index in [1.807, 2.05) is 0 Å². The highest BCUT2D eigenvalue weighted by molar-refractivity contribution is 5.76. The van der Waals surface area contributed by atoms with Crippen LogP contribution in [0.1, 0.15) is 51.9 Å². The standard InChI is InChI=1S/C13H25NO2/c1-12(16)11-13-7-6-9-14(13)8-4-2-3-5-10-15/h13,15H,2-11H2,1H3. The largest absolute Gasteiger partial charge is 0.396 e. The molecule has 0 saturated carbocycles. The second-order valence-electron chi connectivity index (χ2n) is 4.88. The quantitative estimate of drug-likeness (QED) is 0.645.